The van der Waals surface area contributed by atoms with Crippen LogP contribution in [0.25, 0.3) is 0 Å². The molecule has 0 radical (unpaired) electrons. The molecule has 0 bridgehead atoms. The molecular weight excluding hydrogens is 248 g/mol. The first-order chi connectivity index (χ1) is 8.89. The van der Waals surface area contributed by atoms with Gasteiger partial charge in [0.1, 0.15) is 0 Å². The maximum Gasteiger partial charge on any atom is 0.0821 e. The third-order valence-corrected chi connectivity index (χ3v) is 5.16. The molecule has 0 rings (SSSR count). The van der Waals surface area contributed by atoms with E-state index in [-0.39, 0.29) is 5.92 Å². The second-order valence-electron chi connectivity index (χ2n) is 7.72. The Labute approximate surface area is 128 Å². The molecule has 2 N–H and O–H groups in total. The molecule has 0 amide bonds. The van der Waals surface area contributed by atoms with E-state index in [0.29, 0.717) is 11.8 Å². The molecule has 0 aliphatic carbocycles. The van der Waals surface area contributed by atoms with Crippen molar-refractivity contribution in [2.24, 2.45) is 29.1 Å². The summed E-state index contributed by atoms with van der Waals surface area (Å²) < 4.78 is 0. The normalized spacial score (nSPS) is 16.9. The fourth-order valence-electron chi connectivity index (χ4n) is 2.07. The SMILES string of the molecule is CC(C)C(C)C(C)(C)C(C)C.CCC(O)C(O)C(C)C. The van der Waals surface area contributed by atoms with Crippen LogP contribution in [0.4, 0.5) is 0 Å². The molecule has 20 heavy (non-hydrogen) atoms. The topological polar surface area (TPSA) is 40.5 Å². The first-order valence-electron chi connectivity index (χ1n) is 8.25. The van der Waals surface area contributed by atoms with Crippen LogP contribution < -0.4 is 0 Å². The van der Waals surface area contributed by atoms with Gasteiger partial charge >= 0.3 is 0 Å². The Balaban J connectivity index is 0. The molecule has 0 aromatic carbocycles. The molecule has 0 saturated heterocycles. The summed E-state index contributed by atoms with van der Waals surface area (Å²) in [5, 5.41) is 18.2. The van der Waals surface area contributed by atoms with E-state index in [4.69, 9.17) is 10.2 Å². The quantitative estimate of drug-likeness (QED) is 0.741. The molecular formula is C18H40O2. The summed E-state index contributed by atoms with van der Waals surface area (Å²) in [6, 6.07) is 0. The zero-order valence-corrected chi connectivity index (χ0v) is 15.6. The number of hydrogen-bond acceptors (Lipinski definition) is 2. The largest absolute Gasteiger partial charge is 0.390 e. The van der Waals surface area contributed by atoms with Gasteiger partial charge in [-0.2, -0.15) is 0 Å². The van der Waals surface area contributed by atoms with Crippen LogP contribution >= 0.6 is 0 Å². The highest BCUT2D eigenvalue weighted by Gasteiger charge is 2.30. The van der Waals surface area contributed by atoms with Crippen molar-refractivity contribution >= 4 is 0 Å². The summed E-state index contributed by atoms with van der Waals surface area (Å²) in [6.07, 6.45) is -0.487. The predicted molar refractivity (Wildman–Crippen MR) is 89.8 cm³/mol. The van der Waals surface area contributed by atoms with Gasteiger partial charge in [0.05, 0.1) is 12.2 Å². The van der Waals surface area contributed by atoms with Gasteiger partial charge in [0.25, 0.3) is 0 Å². The minimum absolute atomic E-state index is 0.153. The molecule has 0 aliphatic rings. The minimum atomic E-state index is -0.560. The molecule has 3 atom stereocenters. The zero-order chi connectivity index (χ0) is 16.7. The average Bonchev–Trinajstić information content (AvgIpc) is 2.35. The smallest absolute Gasteiger partial charge is 0.0821 e. The highest BCUT2D eigenvalue weighted by molar-refractivity contribution is 4.79. The van der Waals surface area contributed by atoms with E-state index >= 15 is 0 Å². The summed E-state index contributed by atoms with van der Waals surface area (Å²) in [7, 11) is 0. The lowest BCUT2D eigenvalue weighted by Crippen LogP contribution is -2.30. The van der Waals surface area contributed by atoms with Crippen LogP contribution in [-0.2, 0) is 0 Å². The van der Waals surface area contributed by atoms with Crippen molar-refractivity contribution < 1.29 is 10.2 Å². The lowest BCUT2D eigenvalue weighted by atomic mass is 9.67. The minimum Gasteiger partial charge on any atom is -0.390 e. The number of hydrogen-bond donors (Lipinski definition) is 2. The van der Waals surface area contributed by atoms with Crippen LogP contribution in [0, 0.1) is 29.1 Å². The molecule has 2 nitrogen and oxygen atoms in total. The van der Waals surface area contributed by atoms with Crippen LogP contribution in [-0.4, -0.2) is 22.4 Å². The molecule has 0 aliphatic heterocycles. The Hall–Kier alpha value is -0.0800. The van der Waals surface area contributed by atoms with Crippen LogP contribution in [0.3, 0.4) is 0 Å². The van der Waals surface area contributed by atoms with Crippen molar-refractivity contribution in [2.75, 3.05) is 0 Å². The maximum absolute atomic E-state index is 9.14. The summed E-state index contributed by atoms with van der Waals surface area (Å²) in [5.74, 6) is 2.54. The van der Waals surface area contributed by atoms with Gasteiger partial charge in [0, 0.05) is 0 Å². The van der Waals surface area contributed by atoms with Crippen LogP contribution in [0.2, 0.25) is 0 Å². The zero-order valence-electron chi connectivity index (χ0n) is 15.6. The van der Waals surface area contributed by atoms with Gasteiger partial charge in [-0.3, -0.25) is 0 Å². The first-order valence-corrected chi connectivity index (χ1v) is 8.25. The molecule has 2 heteroatoms. The fraction of sp³-hybridized carbons (Fsp3) is 1.00. The first kappa shape index (κ1) is 22.2. The van der Waals surface area contributed by atoms with E-state index in [1.54, 1.807) is 0 Å². The number of aliphatic hydroxyl groups is 2. The van der Waals surface area contributed by atoms with Crippen molar-refractivity contribution in [1.29, 1.82) is 0 Å². The van der Waals surface area contributed by atoms with Gasteiger partial charge < -0.3 is 10.2 Å². The Morgan fingerprint density at radius 3 is 1.30 bits per heavy atom. The van der Waals surface area contributed by atoms with Crippen LogP contribution in [0.15, 0.2) is 0 Å². The summed E-state index contributed by atoms with van der Waals surface area (Å²) in [6.45, 7) is 22.0. The Morgan fingerprint density at radius 1 is 0.800 bits per heavy atom. The highest BCUT2D eigenvalue weighted by atomic mass is 16.3. The molecule has 3 unspecified atom stereocenters. The number of aliphatic hydroxyl groups excluding tert-OH is 2. The monoisotopic (exact) mass is 288 g/mol. The number of rotatable bonds is 6. The third kappa shape index (κ3) is 7.64. The maximum atomic E-state index is 9.14. The van der Waals surface area contributed by atoms with Crippen molar-refractivity contribution in [3.05, 3.63) is 0 Å². The van der Waals surface area contributed by atoms with Crippen molar-refractivity contribution in [3.63, 3.8) is 0 Å². The van der Waals surface area contributed by atoms with Crippen LogP contribution in [0.1, 0.15) is 75.7 Å². The predicted octanol–water partition coefficient (Wildman–Crippen LogP) is 4.73. The van der Waals surface area contributed by atoms with E-state index in [9.17, 15) is 0 Å². The van der Waals surface area contributed by atoms with Gasteiger partial charge in [0.15, 0.2) is 0 Å². The molecule has 0 aromatic heterocycles. The van der Waals surface area contributed by atoms with Gasteiger partial charge in [-0.1, -0.05) is 69.2 Å². The molecule has 124 valence electrons. The average molecular weight is 289 g/mol. The van der Waals surface area contributed by atoms with E-state index in [2.05, 4.69) is 48.5 Å². The van der Waals surface area contributed by atoms with E-state index < -0.39 is 12.2 Å². The van der Waals surface area contributed by atoms with E-state index in [1.807, 2.05) is 20.8 Å². The van der Waals surface area contributed by atoms with E-state index in [1.165, 1.54) is 0 Å². The highest BCUT2D eigenvalue weighted by Crippen LogP contribution is 2.38. The fourth-order valence-corrected chi connectivity index (χ4v) is 2.07. The lowest BCUT2D eigenvalue weighted by Gasteiger charge is -2.38. The molecule has 0 saturated carbocycles. The second-order valence-corrected chi connectivity index (χ2v) is 7.72. The van der Waals surface area contributed by atoms with Crippen molar-refractivity contribution in [1.82, 2.24) is 0 Å². The van der Waals surface area contributed by atoms with Gasteiger partial charge in [-0.15, -0.1) is 0 Å². The molecule has 0 fully saturated rings. The van der Waals surface area contributed by atoms with Crippen molar-refractivity contribution in [2.45, 2.75) is 87.9 Å². The second kappa shape index (κ2) is 9.78. The van der Waals surface area contributed by atoms with E-state index in [0.717, 1.165) is 17.8 Å². The third-order valence-electron chi connectivity index (χ3n) is 5.16. The standard InChI is InChI=1S/C11H24.C7H16O2/c1-8(2)10(5)11(6,7)9(3)4;1-4-6(8)7(9)5(2)3/h8-10H,1-7H3;5-9H,4H2,1-3H3. The lowest BCUT2D eigenvalue weighted by molar-refractivity contribution is -0.00946. The van der Waals surface area contributed by atoms with Crippen molar-refractivity contribution in [3.8, 4) is 0 Å². The molecule has 0 aromatic rings. The van der Waals surface area contributed by atoms with Gasteiger partial charge in [0.2, 0.25) is 0 Å². The Bertz CT molecular complexity index is 232. The molecule has 0 spiro atoms. The summed E-state index contributed by atoms with van der Waals surface area (Å²) in [5.41, 5.74) is 0.480. The molecule has 0 heterocycles. The van der Waals surface area contributed by atoms with Gasteiger partial charge in [-0.25, -0.2) is 0 Å². The Kier molecular flexibility index (Phi) is 10.9. The van der Waals surface area contributed by atoms with Gasteiger partial charge in [-0.05, 0) is 35.5 Å². The summed E-state index contributed by atoms with van der Waals surface area (Å²) >= 11 is 0. The van der Waals surface area contributed by atoms with Crippen LogP contribution in [0.5, 0.6) is 0 Å². The Morgan fingerprint density at radius 2 is 1.20 bits per heavy atom. The summed E-state index contributed by atoms with van der Waals surface area (Å²) in [4.78, 5) is 0.